The lowest BCUT2D eigenvalue weighted by molar-refractivity contribution is 0.0682. The van der Waals surface area contributed by atoms with Gasteiger partial charge in [-0.05, 0) is 59.3 Å². The first-order valence-corrected chi connectivity index (χ1v) is 10.7. The number of carboxylic acid groups (broad SMARTS) is 2. The molecule has 2 N–H and O–H groups in total. The Hall–Kier alpha value is -3.22. The van der Waals surface area contributed by atoms with E-state index >= 15 is 0 Å². The van der Waals surface area contributed by atoms with E-state index in [-0.39, 0.29) is 11.1 Å². The highest BCUT2D eigenvalue weighted by atomic mass is 32.2. The van der Waals surface area contributed by atoms with Crippen LogP contribution in [0.3, 0.4) is 0 Å². The van der Waals surface area contributed by atoms with Gasteiger partial charge in [0.2, 0.25) is 0 Å². The minimum Gasteiger partial charge on any atom is -0.478 e. The Bertz CT molecular complexity index is 1170. The van der Waals surface area contributed by atoms with Crippen LogP contribution in [0.25, 0.3) is 10.8 Å². The minimum atomic E-state index is -0.942. The van der Waals surface area contributed by atoms with Crippen LogP contribution in [0.1, 0.15) is 20.7 Å². The van der Waals surface area contributed by atoms with E-state index in [1.165, 1.54) is 23.5 Å². The summed E-state index contributed by atoms with van der Waals surface area (Å²) in [5.74, 6) is -1.88. The summed E-state index contributed by atoms with van der Waals surface area (Å²) in [7, 11) is 0. The van der Waals surface area contributed by atoms with Crippen molar-refractivity contribution in [2.24, 2.45) is 0 Å². The maximum atomic E-state index is 11.4. The first-order chi connectivity index (χ1) is 14.5. The van der Waals surface area contributed by atoms with Gasteiger partial charge in [-0.1, -0.05) is 59.9 Å². The van der Waals surface area contributed by atoms with Gasteiger partial charge in [0.15, 0.2) is 0 Å². The fraction of sp³-hybridized carbons (Fsp3) is 0. The van der Waals surface area contributed by atoms with Crippen LogP contribution >= 0.6 is 23.5 Å². The van der Waals surface area contributed by atoms with Crippen LogP contribution in [0.2, 0.25) is 0 Å². The fourth-order valence-corrected chi connectivity index (χ4v) is 5.02. The molecule has 0 amide bonds. The third-order valence-corrected chi connectivity index (χ3v) is 6.60. The highest BCUT2D eigenvalue weighted by molar-refractivity contribution is 7.99. The molecule has 148 valence electrons. The number of rotatable bonds is 6. The predicted octanol–water partition coefficient (Wildman–Crippen LogP) is 6.54. The molecule has 4 aromatic rings. The highest BCUT2D eigenvalue weighted by Crippen LogP contribution is 2.35. The van der Waals surface area contributed by atoms with Crippen molar-refractivity contribution in [3.63, 3.8) is 0 Å². The van der Waals surface area contributed by atoms with Crippen molar-refractivity contribution in [2.45, 2.75) is 19.6 Å². The number of hydrogen-bond donors (Lipinski definition) is 2. The van der Waals surface area contributed by atoms with Gasteiger partial charge >= 0.3 is 11.9 Å². The van der Waals surface area contributed by atoms with E-state index < -0.39 is 11.9 Å². The number of hydrogen-bond acceptors (Lipinski definition) is 4. The molecule has 0 aromatic heterocycles. The summed E-state index contributed by atoms with van der Waals surface area (Å²) >= 11 is 2.84. The zero-order chi connectivity index (χ0) is 21.1. The van der Waals surface area contributed by atoms with E-state index in [1.807, 2.05) is 48.5 Å². The second kappa shape index (κ2) is 8.65. The monoisotopic (exact) mass is 432 g/mol. The largest absolute Gasteiger partial charge is 0.478 e. The standard InChI is InChI=1S/C24H16O4S2/c25-23(26)19-5-1-3-7-21(19)29-17-11-9-16-14-18(12-10-15(16)13-17)30-22-8-4-2-6-20(22)24(27)28/h1-14H,(H,25,26)(H,27,28). The van der Waals surface area contributed by atoms with Crippen LogP contribution < -0.4 is 0 Å². The second-order valence-corrected chi connectivity index (χ2v) is 8.71. The minimum absolute atomic E-state index is 0.284. The number of carbonyl (C=O) groups is 2. The molecule has 0 aliphatic carbocycles. The van der Waals surface area contributed by atoms with E-state index in [9.17, 15) is 19.8 Å². The van der Waals surface area contributed by atoms with Crippen molar-refractivity contribution in [3.05, 3.63) is 96.1 Å². The van der Waals surface area contributed by atoms with Gasteiger partial charge in [-0.15, -0.1) is 0 Å². The summed E-state index contributed by atoms with van der Waals surface area (Å²) in [5, 5.41) is 20.8. The van der Waals surface area contributed by atoms with Gasteiger partial charge in [-0.3, -0.25) is 0 Å². The Balaban J connectivity index is 1.61. The van der Waals surface area contributed by atoms with Gasteiger partial charge in [0, 0.05) is 19.6 Å². The van der Waals surface area contributed by atoms with Crippen LogP contribution in [-0.4, -0.2) is 22.2 Å². The molecule has 0 aliphatic rings. The van der Waals surface area contributed by atoms with Crippen LogP contribution in [-0.2, 0) is 0 Å². The van der Waals surface area contributed by atoms with Crippen LogP contribution in [0.4, 0.5) is 0 Å². The molecule has 0 saturated heterocycles. The summed E-state index contributed by atoms with van der Waals surface area (Å²) in [6, 6.07) is 25.9. The number of carboxylic acids is 2. The Kier molecular flexibility index (Phi) is 5.79. The summed E-state index contributed by atoms with van der Waals surface area (Å²) in [5.41, 5.74) is 0.567. The molecular weight excluding hydrogens is 416 g/mol. The molecule has 0 radical (unpaired) electrons. The maximum absolute atomic E-state index is 11.4. The molecule has 6 heteroatoms. The first kappa shape index (κ1) is 20.1. The van der Waals surface area contributed by atoms with Gasteiger partial charge in [0.25, 0.3) is 0 Å². The maximum Gasteiger partial charge on any atom is 0.336 e. The summed E-state index contributed by atoms with van der Waals surface area (Å²) < 4.78 is 0. The Morgan fingerprint density at radius 1 is 0.567 bits per heavy atom. The van der Waals surface area contributed by atoms with Crippen LogP contribution in [0.5, 0.6) is 0 Å². The zero-order valence-electron chi connectivity index (χ0n) is 15.6. The quantitative estimate of drug-likeness (QED) is 0.360. The average molecular weight is 433 g/mol. The second-order valence-electron chi connectivity index (χ2n) is 6.48. The average Bonchev–Trinajstić information content (AvgIpc) is 2.74. The zero-order valence-corrected chi connectivity index (χ0v) is 17.2. The van der Waals surface area contributed by atoms with E-state index in [2.05, 4.69) is 0 Å². The molecule has 0 spiro atoms. The lowest BCUT2D eigenvalue weighted by atomic mass is 10.1. The lowest BCUT2D eigenvalue weighted by Crippen LogP contribution is -1.98. The smallest absolute Gasteiger partial charge is 0.336 e. The van der Waals surface area contributed by atoms with Crippen LogP contribution in [0, 0.1) is 0 Å². The molecule has 30 heavy (non-hydrogen) atoms. The Labute approximate surface area is 181 Å². The summed E-state index contributed by atoms with van der Waals surface area (Å²) in [4.78, 5) is 26.1. The third kappa shape index (κ3) is 4.35. The molecule has 0 fully saturated rings. The number of benzene rings is 4. The third-order valence-electron chi connectivity index (χ3n) is 4.47. The molecule has 0 saturated carbocycles. The molecule has 0 bridgehead atoms. The summed E-state index contributed by atoms with van der Waals surface area (Å²) in [6.07, 6.45) is 0. The summed E-state index contributed by atoms with van der Waals surface area (Å²) in [6.45, 7) is 0. The molecule has 4 aromatic carbocycles. The fourth-order valence-electron chi connectivity index (χ4n) is 3.05. The van der Waals surface area contributed by atoms with Gasteiger partial charge in [-0.2, -0.15) is 0 Å². The van der Waals surface area contributed by atoms with E-state index in [1.54, 1.807) is 36.4 Å². The van der Waals surface area contributed by atoms with Crippen molar-refractivity contribution in [1.82, 2.24) is 0 Å². The number of aromatic carboxylic acids is 2. The first-order valence-electron chi connectivity index (χ1n) is 9.05. The Morgan fingerprint density at radius 2 is 0.967 bits per heavy atom. The molecule has 4 rings (SSSR count). The molecule has 0 unspecified atom stereocenters. The van der Waals surface area contributed by atoms with Crippen molar-refractivity contribution >= 4 is 46.2 Å². The normalized spacial score (nSPS) is 10.8. The number of fused-ring (bicyclic) bond motifs is 1. The van der Waals surface area contributed by atoms with Crippen molar-refractivity contribution < 1.29 is 19.8 Å². The van der Waals surface area contributed by atoms with E-state index in [4.69, 9.17) is 0 Å². The Morgan fingerprint density at radius 3 is 1.37 bits per heavy atom. The molecule has 4 nitrogen and oxygen atoms in total. The highest BCUT2D eigenvalue weighted by Gasteiger charge is 2.12. The molecular formula is C24H16O4S2. The van der Waals surface area contributed by atoms with E-state index in [0.29, 0.717) is 9.79 Å². The van der Waals surface area contributed by atoms with E-state index in [0.717, 1.165) is 20.6 Å². The van der Waals surface area contributed by atoms with Gasteiger partial charge in [0.05, 0.1) is 11.1 Å². The van der Waals surface area contributed by atoms with Gasteiger partial charge in [-0.25, -0.2) is 9.59 Å². The predicted molar refractivity (Wildman–Crippen MR) is 119 cm³/mol. The molecule has 0 atom stereocenters. The van der Waals surface area contributed by atoms with Crippen molar-refractivity contribution in [3.8, 4) is 0 Å². The van der Waals surface area contributed by atoms with Gasteiger partial charge in [0.1, 0.15) is 0 Å². The lowest BCUT2D eigenvalue weighted by Gasteiger charge is -2.09. The topological polar surface area (TPSA) is 74.6 Å². The SMILES string of the molecule is O=C(O)c1ccccc1Sc1ccc2cc(Sc3ccccc3C(=O)O)ccc2c1. The van der Waals surface area contributed by atoms with Crippen molar-refractivity contribution in [1.29, 1.82) is 0 Å². The van der Waals surface area contributed by atoms with Crippen molar-refractivity contribution in [2.75, 3.05) is 0 Å². The molecule has 0 aliphatic heterocycles. The van der Waals surface area contributed by atoms with Crippen LogP contribution in [0.15, 0.2) is 105 Å². The molecule has 0 heterocycles. The van der Waals surface area contributed by atoms with Gasteiger partial charge < -0.3 is 10.2 Å².